The summed E-state index contributed by atoms with van der Waals surface area (Å²) < 4.78 is 2.18. The molecule has 0 bridgehead atoms. The molecular formula is C12H15Br2N. The third kappa shape index (κ3) is 4.09. The molecular weight excluding hydrogens is 318 g/mol. The predicted octanol–water partition coefficient (Wildman–Crippen LogP) is 4.44. The van der Waals surface area contributed by atoms with Gasteiger partial charge in [0.15, 0.2) is 0 Å². The minimum absolute atomic E-state index is 0.267. The van der Waals surface area contributed by atoms with Gasteiger partial charge in [-0.1, -0.05) is 43.5 Å². The van der Waals surface area contributed by atoms with E-state index in [1.165, 1.54) is 11.1 Å². The zero-order valence-electron chi connectivity index (χ0n) is 9.14. The minimum atomic E-state index is 0.267. The molecule has 0 saturated carbocycles. The Kier molecular flexibility index (Phi) is 5.03. The molecule has 1 N–H and O–H groups in total. The molecule has 0 aliphatic rings. The summed E-state index contributed by atoms with van der Waals surface area (Å²) in [5, 5.41) is 3.29. The second-order valence-electron chi connectivity index (χ2n) is 3.71. The smallest absolute Gasteiger partial charge is 0.0507 e. The topological polar surface area (TPSA) is 12.0 Å². The van der Waals surface area contributed by atoms with Crippen LogP contribution in [0.3, 0.4) is 0 Å². The maximum atomic E-state index is 3.50. The number of benzene rings is 1. The Morgan fingerprint density at radius 3 is 2.13 bits per heavy atom. The first kappa shape index (κ1) is 12.9. The van der Waals surface area contributed by atoms with Crippen molar-refractivity contribution < 1.29 is 0 Å². The van der Waals surface area contributed by atoms with Crippen molar-refractivity contribution in [3.05, 3.63) is 44.4 Å². The summed E-state index contributed by atoms with van der Waals surface area (Å²) in [6.07, 6.45) is 2.22. The van der Waals surface area contributed by atoms with Gasteiger partial charge in [0.1, 0.15) is 0 Å². The maximum Gasteiger partial charge on any atom is 0.0507 e. The summed E-state index contributed by atoms with van der Waals surface area (Å²) in [7, 11) is 1.97. The van der Waals surface area contributed by atoms with Crippen LogP contribution in [0.1, 0.15) is 25.5 Å². The van der Waals surface area contributed by atoms with E-state index in [1.54, 1.807) is 0 Å². The molecule has 1 rings (SSSR count). The van der Waals surface area contributed by atoms with E-state index < -0.39 is 0 Å². The van der Waals surface area contributed by atoms with Crippen molar-refractivity contribution in [1.82, 2.24) is 5.32 Å². The van der Waals surface area contributed by atoms with Crippen LogP contribution in [0.2, 0.25) is 0 Å². The average Bonchev–Trinajstić information content (AvgIpc) is 2.12. The second kappa shape index (κ2) is 5.83. The first-order chi connectivity index (χ1) is 7.02. The van der Waals surface area contributed by atoms with E-state index in [0.717, 1.165) is 8.95 Å². The highest BCUT2D eigenvalue weighted by Crippen LogP contribution is 2.25. The fourth-order valence-corrected chi connectivity index (χ4v) is 2.76. The van der Waals surface area contributed by atoms with Crippen LogP contribution >= 0.6 is 31.9 Å². The monoisotopic (exact) mass is 331 g/mol. The molecule has 0 fully saturated rings. The van der Waals surface area contributed by atoms with Gasteiger partial charge >= 0.3 is 0 Å². The lowest BCUT2D eigenvalue weighted by atomic mass is 10.1. The number of halogens is 2. The number of allylic oxidation sites excluding steroid dienone is 1. The number of rotatable bonds is 3. The lowest BCUT2D eigenvalue weighted by molar-refractivity contribution is 0.709. The van der Waals surface area contributed by atoms with Crippen LogP contribution in [0.4, 0.5) is 0 Å². The molecule has 82 valence electrons. The summed E-state index contributed by atoms with van der Waals surface area (Å²) >= 11 is 7.00. The van der Waals surface area contributed by atoms with Gasteiger partial charge in [-0.15, -0.1) is 0 Å². The van der Waals surface area contributed by atoms with E-state index in [9.17, 15) is 0 Å². The van der Waals surface area contributed by atoms with Crippen molar-refractivity contribution in [2.45, 2.75) is 19.9 Å². The summed E-state index contributed by atoms with van der Waals surface area (Å²) in [5.74, 6) is 0. The Morgan fingerprint density at radius 2 is 1.73 bits per heavy atom. The fraction of sp³-hybridized carbons (Fsp3) is 0.333. The van der Waals surface area contributed by atoms with Crippen LogP contribution in [0.5, 0.6) is 0 Å². The number of hydrogen-bond donors (Lipinski definition) is 1. The third-order valence-corrected chi connectivity index (χ3v) is 2.97. The van der Waals surface area contributed by atoms with Crippen molar-refractivity contribution >= 4 is 31.9 Å². The molecule has 1 unspecified atom stereocenters. The highest BCUT2D eigenvalue weighted by atomic mass is 79.9. The number of nitrogens with one attached hydrogen (secondary N) is 1. The molecule has 3 heteroatoms. The van der Waals surface area contributed by atoms with Crippen LogP contribution < -0.4 is 5.32 Å². The summed E-state index contributed by atoms with van der Waals surface area (Å²) in [5.41, 5.74) is 2.56. The normalized spacial score (nSPS) is 12.3. The van der Waals surface area contributed by atoms with Crippen LogP contribution in [-0.4, -0.2) is 7.05 Å². The summed E-state index contributed by atoms with van der Waals surface area (Å²) in [4.78, 5) is 0. The van der Waals surface area contributed by atoms with Crippen LogP contribution in [-0.2, 0) is 0 Å². The maximum absolute atomic E-state index is 3.50. The minimum Gasteiger partial charge on any atom is -0.310 e. The van der Waals surface area contributed by atoms with E-state index in [0.29, 0.717) is 0 Å². The highest BCUT2D eigenvalue weighted by molar-refractivity contribution is 9.11. The third-order valence-electron chi connectivity index (χ3n) is 2.06. The Morgan fingerprint density at radius 1 is 1.20 bits per heavy atom. The molecule has 1 nitrogen and oxygen atoms in total. The van der Waals surface area contributed by atoms with Gasteiger partial charge in [0, 0.05) is 8.95 Å². The van der Waals surface area contributed by atoms with Crippen molar-refractivity contribution in [3.8, 4) is 0 Å². The molecule has 0 spiro atoms. The van der Waals surface area contributed by atoms with Gasteiger partial charge in [-0.3, -0.25) is 0 Å². The zero-order valence-corrected chi connectivity index (χ0v) is 12.3. The fourth-order valence-electron chi connectivity index (χ4n) is 1.43. The average molecular weight is 333 g/mol. The Hall–Kier alpha value is -0.120. The van der Waals surface area contributed by atoms with Crippen molar-refractivity contribution in [3.63, 3.8) is 0 Å². The molecule has 0 aliphatic carbocycles. The van der Waals surface area contributed by atoms with Gasteiger partial charge in [-0.05, 0) is 44.7 Å². The van der Waals surface area contributed by atoms with E-state index in [2.05, 4.69) is 69.2 Å². The Balaban J connectivity index is 3.07. The highest BCUT2D eigenvalue weighted by Gasteiger charge is 2.07. The summed E-state index contributed by atoms with van der Waals surface area (Å²) in [6, 6.07) is 6.57. The molecule has 0 radical (unpaired) electrons. The van der Waals surface area contributed by atoms with Gasteiger partial charge in [0.05, 0.1) is 6.04 Å². The van der Waals surface area contributed by atoms with Crippen LogP contribution in [0, 0.1) is 0 Å². The van der Waals surface area contributed by atoms with Gasteiger partial charge in [-0.25, -0.2) is 0 Å². The lowest BCUT2D eigenvalue weighted by Gasteiger charge is -2.14. The molecule has 0 amide bonds. The van der Waals surface area contributed by atoms with Gasteiger partial charge < -0.3 is 5.32 Å². The van der Waals surface area contributed by atoms with Crippen LogP contribution in [0.25, 0.3) is 0 Å². The SMILES string of the molecule is CNC(C=C(C)C)c1cc(Br)cc(Br)c1. The Labute approximate surface area is 108 Å². The molecule has 0 aromatic heterocycles. The Bertz CT molecular complexity index is 348. The second-order valence-corrected chi connectivity index (χ2v) is 5.54. The van der Waals surface area contributed by atoms with Crippen molar-refractivity contribution in [2.75, 3.05) is 7.05 Å². The van der Waals surface area contributed by atoms with Gasteiger partial charge in [-0.2, -0.15) is 0 Å². The van der Waals surface area contributed by atoms with Gasteiger partial charge in [0.2, 0.25) is 0 Å². The first-order valence-corrected chi connectivity index (χ1v) is 6.40. The van der Waals surface area contributed by atoms with E-state index in [4.69, 9.17) is 0 Å². The van der Waals surface area contributed by atoms with E-state index >= 15 is 0 Å². The predicted molar refractivity (Wildman–Crippen MR) is 73.1 cm³/mol. The van der Waals surface area contributed by atoms with Crippen molar-refractivity contribution in [2.24, 2.45) is 0 Å². The number of hydrogen-bond acceptors (Lipinski definition) is 1. The number of likely N-dealkylation sites (N-methyl/N-ethyl adjacent to an activating group) is 1. The van der Waals surface area contributed by atoms with Gasteiger partial charge in [0.25, 0.3) is 0 Å². The lowest BCUT2D eigenvalue weighted by Crippen LogP contribution is -2.14. The zero-order chi connectivity index (χ0) is 11.4. The standard InChI is InChI=1S/C12H15Br2N/c1-8(2)4-12(15-3)9-5-10(13)7-11(14)6-9/h4-7,12,15H,1-3H3. The quantitative estimate of drug-likeness (QED) is 0.807. The van der Waals surface area contributed by atoms with Crippen molar-refractivity contribution in [1.29, 1.82) is 0 Å². The first-order valence-electron chi connectivity index (χ1n) is 4.81. The van der Waals surface area contributed by atoms with Crippen LogP contribution in [0.15, 0.2) is 38.8 Å². The summed E-state index contributed by atoms with van der Waals surface area (Å²) in [6.45, 7) is 4.22. The molecule has 1 aromatic rings. The molecule has 0 saturated heterocycles. The molecule has 1 atom stereocenters. The van der Waals surface area contributed by atoms with E-state index in [1.807, 2.05) is 13.1 Å². The van der Waals surface area contributed by atoms with E-state index in [-0.39, 0.29) is 6.04 Å². The largest absolute Gasteiger partial charge is 0.310 e. The molecule has 15 heavy (non-hydrogen) atoms. The molecule has 1 aromatic carbocycles. The molecule has 0 heterocycles. The molecule has 0 aliphatic heterocycles.